The average Bonchev–Trinajstić information content (AvgIpc) is 2.89. The molecule has 0 saturated carbocycles. The van der Waals surface area contributed by atoms with Gasteiger partial charge in [-0.3, -0.25) is 13.9 Å². The van der Waals surface area contributed by atoms with Gasteiger partial charge in [0, 0.05) is 31.6 Å². The van der Waals surface area contributed by atoms with E-state index in [4.69, 9.17) is 9.47 Å². The second kappa shape index (κ2) is 13.0. The third-order valence-electron chi connectivity index (χ3n) is 6.74. The monoisotopic (exact) mass is 545 g/mol. The van der Waals surface area contributed by atoms with Crippen LogP contribution in [0, 0.1) is 6.92 Å². The summed E-state index contributed by atoms with van der Waals surface area (Å²) in [7, 11) is -3.62. The number of rotatable bonds is 12. The number of aryl methyl sites for hydroxylation is 1. The Morgan fingerprint density at radius 3 is 2.39 bits per heavy atom. The number of carbonyl (C=O) groups is 2. The first-order valence-corrected chi connectivity index (χ1v) is 14.9. The zero-order valence-corrected chi connectivity index (χ0v) is 23.7. The molecule has 2 atom stereocenters. The number of benzene rings is 2. The fourth-order valence-corrected chi connectivity index (χ4v) is 5.17. The number of anilines is 1. The molecule has 3 rings (SSSR count). The molecule has 0 bridgehead atoms. The van der Waals surface area contributed by atoms with Crippen LogP contribution < -0.4 is 19.1 Å². The molecule has 10 heteroatoms. The summed E-state index contributed by atoms with van der Waals surface area (Å²) in [5, 5.41) is 2.96. The summed E-state index contributed by atoms with van der Waals surface area (Å²) in [5.74, 6) is 0.634. The molecule has 1 aliphatic rings. The zero-order valence-electron chi connectivity index (χ0n) is 22.9. The normalized spacial score (nSPS) is 14.3. The highest BCUT2D eigenvalue weighted by atomic mass is 32.2. The molecule has 38 heavy (non-hydrogen) atoms. The van der Waals surface area contributed by atoms with Gasteiger partial charge < -0.3 is 19.7 Å². The summed E-state index contributed by atoms with van der Waals surface area (Å²) >= 11 is 0. The van der Waals surface area contributed by atoms with E-state index in [-0.39, 0.29) is 37.2 Å². The van der Waals surface area contributed by atoms with Crippen molar-refractivity contribution >= 4 is 27.5 Å². The number of carbonyl (C=O) groups excluding carboxylic acids is 2. The molecule has 0 spiro atoms. The number of hydrogen-bond acceptors (Lipinski definition) is 6. The summed E-state index contributed by atoms with van der Waals surface area (Å²) in [5.41, 5.74) is 2.43. The van der Waals surface area contributed by atoms with E-state index < -0.39 is 16.1 Å². The van der Waals surface area contributed by atoms with Crippen molar-refractivity contribution in [1.29, 1.82) is 0 Å². The Kier molecular flexibility index (Phi) is 10.0. The molecule has 0 aliphatic carbocycles. The van der Waals surface area contributed by atoms with E-state index in [9.17, 15) is 18.0 Å². The van der Waals surface area contributed by atoms with Crippen LogP contribution in [0.3, 0.4) is 0 Å². The lowest BCUT2D eigenvalue weighted by Crippen LogP contribution is -2.49. The lowest BCUT2D eigenvalue weighted by atomic mass is 10.1. The van der Waals surface area contributed by atoms with Crippen LogP contribution in [0.4, 0.5) is 5.69 Å². The highest BCUT2D eigenvalue weighted by Crippen LogP contribution is 2.34. The molecular formula is C28H39N3O6S. The van der Waals surface area contributed by atoms with E-state index in [1.54, 1.807) is 30.0 Å². The summed E-state index contributed by atoms with van der Waals surface area (Å²) in [4.78, 5) is 28.0. The molecule has 2 amide bonds. The van der Waals surface area contributed by atoms with Crippen molar-refractivity contribution in [1.82, 2.24) is 10.2 Å². The fourth-order valence-electron chi connectivity index (χ4n) is 4.21. The van der Waals surface area contributed by atoms with Crippen molar-refractivity contribution < 1.29 is 27.5 Å². The molecule has 1 N–H and O–H groups in total. The molecule has 2 unspecified atom stereocenters. The van der Waals surface area contributed by atoms with Gasteiger partial charge >= 0.3 is 0 Å². The molecule has 9 nitrogen and oxygen atoms in total. The van der Waals surface area contributed by atoms with Gasteiger partial charge in [0.1, 0.15) is 19.3 Å². The maximum Gasteiger partial charge on any atom is 0.242 e. The topological polar surface area (TPSA) is 105 Å². The van der Waals surface area contributed by atoms with Crippen molar-refractivity contribution in [3.63, 3.8) is 0 Å². The van der Waals surface area contributed by atoms with Gasteiger partial charge in [0.2, 0.25) is 21.8 Å². The van der Waals surface area contributed by atoms with Crippen LogP contribution in [-0.2, 0) is 26.2 Å². The van der Waals surface area contributed by atoms with Crippen LogP contribution in [0.5, 0.6) is 11.5 Å². The standard InChI is InChI=1S/C28H39N3O6S/c1-6-21(3)29-28(33)22(4)30(19-23-11-8-7-10-20(23)2)27(32)12-9-15-31(38(5,34)35)24-13-14-25-26(18-24)37-17-16-36-25/h7-8,10-11,13-14,18,21-22H,6,9,12,15-17,19H2,1-5H3,(H,29,33). The molecule has 0 radical (unpaired) electrons. The summed E-state index contributed by atoms with van der Waals surface area (Å²) in [6, 6.07) is 12.1. The Balaban J connectivity index is 1.75. The minimum atomic E-state index is -3.62. The largest absolute Gasteiger partial charge is 0.486 e. The maximum atomic E-state index is 13.5. The predicted molar refractivity (Wildman–Crippen MR) is 148 cm³/mol. The third kappa shape index (κ3) is 7.63. The number of fused-ring (bicyclic) bond motifs is 1. The van der Waals surface area contributed by atoms with Gasteiger partial charge in [-0.25, -0.2) is 8.42 Å². The van der Waals surface area contributed by atoms with Gasteiger partial charge in [-0.2, -0.15) is 0 Å². The number of amides is 2. The van der Waals surface area contributed by atoms with E-state index in [1.807, 2.05) is 45.0 Å². The van der Waals surface area contributed by atoms with Gasteiger partial charge in [-0.15, -0.1) is 0 Å². The summed E-state index contributed by atoms with van der Waals surface area (Å²) in [6.07, 6.45) is 2.29. The van der Waals surface area contributed by atoms with Gasteiger partial charge in [-0.1, -0.05) is 31.2 Å². The first-order chi connectivity index (χ1) is 18.0. The van der Waals surface area contributed by atoms with Crippen LogP contribution in [0.15, 0.2) is 42.5 Å². The molecule has 2 aromatic rings. The van der Waals surface area contributed by atoms with Gasteiger partial charge in [0.15, 0.2) is 11.5 Å². The van der Waals surface area contributed by atoms with E-state index >= 15 is 0 Å². The first kappa shape index (κ1) is 29.3. The SMILES string of the molecule is CCC(C)NC(=O)C(C)N(Cc1ccccc1C)C(=O)CCCN(c1ccc2c(c1)OCCO2)S(C)(=O)=O. The highest BCUT2D eigenvalue weighted by molar-refractivity contribution is 7.92. The van der Waals surface area contributed by atoms with E-state index in [1.165, 1.54) is 4.31 Å². The minimum Gasteiger partial charge on any atom is -0.486 e. The summed E-state index contributed by atoms with van der Waals surface area (Å²) < 4.78 is 37.7. The quantitative estimate of drug-likeness (QED) is 0.437. The van der Waals surface area contributed by atoms with Crippen LogP contribution >= 0.6 is 0 Å². The Labute approximate surface area is 226 Å². The van der Waals surface area contributed by atoms with Gasteiger partial charge in [0.25, 0.3) is 0 Å². The maximum absolute atomic E-state index is 13.5. The molecule has 0 saturated heterocycles. The van der Waals surface area contributed by atoms with Crippen molar-refractivity contribution in [2.75, 3.05) is 30.3 Å². The third-order valence-corrected chi connectivity index (χ3v) is 7.93. The molecule has 0 fully saturated rings. The average molecular weight is 546 g/mol. The number of sulfonamides is 1. The lowest BCUT2D eigenvalue weighted by molar-refractivity contribution is -0.140. The minimum absolute atomic E-state index is 0.00493. The highest BCUT2D eigenvalue weighted by Gasteiger charge is 2.28. The lowest BCUT2D eigenvalue weighted by Gasteiger charge is -2.30. The zero-order chi connectivity index (χ0) is 27.9. The Hall–Kier alpha value is -3.27. The Morgan fingerprint density at radius 2 is 1.74 bits per heavy atom. The van der Waals surface area contributed by atoms with Crippen LogP contribution in [0.1, 0.15) is 51.2 Å². The molecule has 1 heterocycles. The second-order valence-electron chi connectivity index (χ2n) is 9.71. The first-order valence-electron chi connectivity index (χ1n) is 13.0. The molecular weight excluding hydrogens is 506 g/mol. The number of nitrogens with zero attached hydrogens (tertiary/aromatic N) is 2. The summed E-state index contributed by atoms with van der Waals surface area (Å²) in [6.45, 7) is 8.84. The number of hydrogen-bond donors (Lipinski definition) is 1. The van der Waals surface area contributed by atoms with E-state index in [2.05, 4.69) is 5.32 Å². The van der Waals surface area contributed by atoms with E-state index in [0.29, 0.717) is 36.9 Å². The second-order valence-corrected chi connectivity index (χ2v) is 11.6. The van der Waals surface area contributed by atoms with E-state index in [0.717, 1.165) is 23.8 Å². The number of nitrogens with one attached hydrogen (secondary N) is 1. The van der Waals surface area contributed by atoms with Crippen LogP contribution in [0.2, 0.25) is 0 Å². The molecule has 2 aromatic carbocycles. The van der Waals surface area contributed by atoms with Gasteiger partial charge in [-0.05, 0) is 56.9 Å². The molecule has 0 aromatic heterocycles. The smallest absolute Gasteiger partial charge is 0.242 e. The van der Waals surface area contributed by atoms with Crippen molar-refractivity contribution in [2.24, 2.45) is 0 Å². The van der Waals surface area contributed by atoms with Crippen LogP contribution in [0.25, 0.3) is 0 Å². The number of ether oxygens (including phenoxy) is 2. The fraction of sp³-hybridized carbons (Fsp3) is 0.500. The molecule has 208 valence electrons. The van der Waals surface area contributed by atoms with Crippen LogP contribution in [-0.4, -0.2) is 63.2 Å². The van der Waals surface area contributed by atoms with Crippen molar-refractivity contribution in [3.8, 4) is 11.5 Å². The van der Waals surface area contributed by atoms with Gasteiger partial charge in [0.05, 0.1) is 11.9 Å². The Bertz CT molecular complexity index is 1230. The van der Waals surface area contributed by atoms with Crippen molar-refractivity contribution in [3.05, 3.63) is 53.6 Å². The predicted octanol–water partition coefficient (Wildman–Crippen LogP) is 3.64. The van der Waals surface area contributed by atoms with Crippen molar-refractivity contribution in [2.45, 2.75) is 65.6 Å². The molecule has 1 aliphatic heterocycles. The Morgan fingerprint density at radius 1 is 1.05 bits per heavy atom.